The zero-order valence-corrected chi connectivity index (χ0v) is 11.2. The molecule has 0 bridgehead atoms. The van der Waals surface area contributed by atoms with Gasteiger partial charge in [0.25, 0.3) is 0 Å². The lowest BCUT2D eigenvalue weighted by Crippen LogP contribution is -1.96. The molecule has 0 aliphatic rings. The second-order valence-corrected chi connectivity index (χ2v) is 4.66. The average Bonchev–Trinajstić information content (AvgIpc) is 2.99. The minimum Gasteiger partial charge on any atom is -0.226 e. The molecule has 8 heteroatoms. The third-order valence-corrected chi connectivity index (χ3v) is 3.38. The van der Waals surface area contributed by atoms with Crippen LogP contribution in [0.3, 0.4) is 0 Å². The van der Waals surface area contributed by atoms with Gasteiger partial charge in [0.15, 0.2) is 0 Å². The van der Waals surface area contributed by atoms with E-state index in [1.165, 1.54) is 0 Å². The first-order valence-corrected chi connectivity index (χ1v) is 6.16. The van der Waals surface area contributed by atoms with Crippen molar-refractivity contribution in [2.24, 2.45) is 0 Å². The molecular formula is C10H6BrClN6. The van der Waals surface area contributed by atoms with Crippen molar-refractivity contribution >= 4 is 27.5 Å². The van der Waals surface area contributed by atoms with Gasteiger partial charge in [-0.1, -0.05) is 11.6 Å². The van der Waals surface area contributed by atoms with Crippen molar-refractivity contribution in [3.8, 4) is 17.1 Å². The molecule has 0 spiro atoms. The third kappa shape index (κ3) is 1.91. The summed E-state index contributed by atoms with van der Waals surface area (Å²) in [7, 11) is 0. The van der Waals surface area contributed by atoms with E-state index >= 15 is 0 Å². The van der Waals surface area contributed by atoms with Crippen molar-refractivity contribution in [2.75, 3.05) is 0 Å². The monoisotopic (exact) mass is 324 g/mol. The summed E-state index contributed by atoms with van der Waals surface area (Å²) >= 11 is 9.33. The van der Waals surface area contributed by atoms with E-state index in [0.717, 1.165) is 15.9 Å². The predicted octanol–water partition coefficient (Wildman–Crippen LogP) is 2.47. The molecule has 3 rings (SSSR count). The summed E-state index contributed by atoms with van der Waals surface area (Å²) in [6, 6.07) is 7.36. The van der Waals surface area contributed by atoms with E-state index in [4.69, 9.17) is 11.6 Å². The molecule has 0 radical (unpaired) electrons. The molecule has 0 saturated heterocycles. The summed E-state index contributed by atoms with van der Waals surface area (Å²) in [5, 5.41) is 18.7. The van der Waals surface area contributed by atoms with Crippen molar-refractivity contribution in [2.45, 2.75) is 0 Å². The lowest BCUT2D eigenvalue weighted by atomic mass is 10.3. The van der Waals surface area contributed by atoms with E-state index in [1.807, 2.05) is 12.1 Å². The molecule has 90 valence electrons. The lowest BCUT2D eigenvalue weighted by molar-refractivity contribution is 0.861. The molecule has 1 aromatic carbocycles. The highest BCUT2D eigenvalue weighted by Crippen LogP contribution is 2.27. The van der Waals surface area contributed by atoms with Crippen molar-refractivity contribution in [1.82, 2.24) is 30.4 Å². The average molecular weight is 326 g/mol. The van der Waals surface area contributed by atoms with Gasteiger partial charge < -0.3 is 0 Å². The number of benzene rings is 1. The zero-order chi connectivity index (χ0) is 12.5. The Morgan fingerprint density at radius 1 is 1.22 bits per heavy atom. The second-order valence-electron chi connectivity index (χ2n) is 3.47. The molecule has 3 aromatic rings. The molecule has 2 aromatic heterocycles. The predicted molar refractivity (Wildman–Crippen MR) is 69.4 cm³/mol. The SMILES string of the molecule is Clc1ccc(-n2ncc(-c3nn[nH]n3)c2Br)cc1. The Bertz CT molecular complexity index is 660. The molecule has 18 heavy (non-hydrogen) atoms. The highest BCUT2D eigenvalue weighted by atomic mass is 79.9. The summed E-state index contributed by atoms with van der Waals surface area (Å²) in [5.41, 5.74) is 1.65. The van der Waals surface area contributed by atoms with Gasteiger partial charge in [-0.25, -0.2) is 4.68 Å². The van der Waals surface area contributed by atoms with Crippen molar-refractivity contribution in [3.05, 3.63) is 40.1 Å². The van der Waals surface area contributed by atoms with E-state index in [9.17, 15) is 0 Å². The quantitative estimate of drug-likeness (QED) is 0.785. The molecule has 0 aliphatic carbocycles. The van der Waals surface area contributed by atoms with Gasteiger partial charge in [0.2, 0.25) is 5.82 Å². The van der Waals surface area contributed by atoms with Crippen LogP contribution in [0, 0.1) is 0 Å². The summed E-state index contributed by atoms with van der Waals surface area (Å²) in [6.45, 7) is 0. The Kier molecular flexibility index (Phi) is 2.85. The molecule has 0 unspecified atom stereocenters. The topological polar surface area (TPSA) is 72.3 Å². The number of hydrogen-bond donors (Lipinski definition) is 1. The molecule has 1 N–H and O–H groups in total. The van der Waals surface area contributed by atoms with Gasteiger partial charge in [0, 0.05) is 5.02 Å². The summed E-state index contributed by atoms with van der Waals surface area (Å²) in [5.74, 6) is 0.488. The number of halogens is 2. The fourth-order valence-electron chi connectivity index (χ4n) is 1.52. The normalized spacial score (nSPS) is 10.8. The zero-order valence-electron chi connectivity index (χ0n) is 8.88. The van der Waals surface area contributed by atoms with E-state index in [0.29, 0.717) is 10.8 Å². The first-order valence-electron chi connectivity index (χ1n) is 4.99. The highest BCUT2D eigenvalue weighted by molar-refractivity contribution is 9.10. The maximum absolute atomic E-state index is 5.85. The number of nitrogens with zero attached hydrogens (tertiary/aromatic N) is 5. The van der Waals surface area contributed by atoms with Gasteiger partial charge in [-0.3, -0.25) is 0 Å². The molecular weight excluding hydrogens is 320 g/mol. The number of aromatic amines is 1. The third-order valence-electron chi connectivity index (χ3n) is 2.37. The number of H-pyrrole nitrogens is 1. The van der Waals surface area contributed by atoms with Crippen LogP contribution < -0.4 is 0 Å². The van der Waals surface area contributed by atoms with E-state index in [-0.39, 0.29) is 0 Å². The first-order chi connectivity index (χ1) is 8.75. The Labute approximate surface area is 115 Å². The van der Waals surface area contributed by atoms with Crippen LogP contribution in [0.4, 0.5) is 0 Å². The number of rotatable bonds is 2. The van der Waals surface area contributed by atoms with Crippen LogP contribution in [0.5, 0.6) is 0 Å². The van der Waals surface area contributed by atoms with Gasteiger partial charge in [0.05, 0.1) is 17.4 Å². The largest absolute Gasteiger partial charge is 0.226 e. The molecule has 6 nitrogen and oxygen atoms in total. The maximum Gasteiger partial charge on any atom is 0.209 e. The highest BCUT2D eigenvalue weighted by Gasteiger charge is 2.14. The summed E-state index contributed by atoms with van der Waals surface area (Å²) < 4.78 is 2.48. The van der Waals surface area contributed by atoms with Crippen LogP contribution in [0.1, 0.15) is 0 Å². The van der Waals surface area contributed by atoms with Gasteiger partial charge in [-0.2, -0.15) is 10.3 Å². The maximum atomic E-state index is 5.85. The molecule has 2 heterocycles. The van der Waals surface area contributed by atoms with Crippen LogP contribution in [0.15, 0.2) is 35.1 Å². The first kappa shape index (κ1) is 11.4. The van der Waals surface area contributed by atoms with Crippen LogP contribution in [0.25, 0.3) is 17.1 Å². The molecule has 0 atom stereocenters. The van der Waals surface area contributed by atoms with E-state index < -0.39 is 0 Å². The van der Waals surface area contributed by atoms with Gasteiger partial charge in [-0.05, 0) is 45.4 Å². The minimum atomic E-state index is 0.488. The van der Waals surface area contributed by atoms with Crippen LogP contribution >= 0.6 is 27.5 Å². The van der Waals surface area contributed by atoms with Crippen molar-refractivity contribution in [3.63, 3.8) is 0 Å². The number of nitrogens with one attached hydrogen (secondary N) is 1. The molecule has 0 saturated carbocycles. The second kappa shape index (κ2) is 4.51. The Morgan fingerprint density at radius 2 is 2.00 bits per heavy atom. The summed E-state index contributed by atoms with van der Waals surface area (Å²) in [6.07, 6.45) is 1.67. The molecule has 0 amide bonds. The lowest BCUT2D eigenvalue weighted by Gasteiger charge is -2.03. The van der Waals surface area contributed by atoms with Gasteiger partial charge in [-0.15, -0.1) is 10.2 Å². The standard InChI is InChI=1S/C10H6BrClN6/c11-9-8(10-14-16-17-15-10)5-13-18(9)7-3-1-6(12)2-4-7/h1-5H,(H,14,15,16,17). The minimum absolute atomic E-state index is 0.488. The molecule has 0 fully saturated rings. The smallest absolute Gasteiger partial charge is 0.209 e. The van der Waals surface area contributed by atoms with Crippen molar-refractivity contribution in [1.29, 1.82) is 0 Å². The number of aromatic nitrogens is 6. The molecule has 0 aliphatic heterocycles. The van der Waals surface area contributed by atoms with E-state index in [2.05, 4.69) is 41.7 Å². The van der Waals surface area contributed by atoms with Gasteiger partial charge in [0.1, 0.15) is 4.60 Å². The Balaban J connectivity index is 2.07. The van der Waals surface area contributed by atoms with Crippen molar-refractivity contribution < 1.29 is 0 Å². The number of hydrogen-bond acceptors (Lipinski definition) is 4. The van der Waals surface area contributed by atoms with E-state index in [1.54, 1.807) is 23.0 Å². The Morgan fingerprint density at radius 3 is 2.67 bits per heavy atom. The fourth-order valence-corrected chi connectivity index (χ4v) is 2.22. The van der Waals surface area contributed by atoms with Crippen LogP contribution in [-0.2, 0) is 0 Å². The van der Waals surface area contributed by atoms with Gasteiger partial charge >= 0.3 is 0 Å². The van der Waals surface area contributed by atoms with Crippen LogP contribution in [0.2, 0.25) is 5.02 Å². The number of tetrazole rings is 1. The van der Waals surface area contributed by atoms with Crippen LogP contribution in [-0.4, -0.2) is 30.4 Å². The fraction of sp³-hybridized carbons (Fsp3) is 0. The Hall–Kier alpha value is -1.73. The summed E-state index contributed by atoms with van der Waals surface area (Å²) in [4.78, 5) is 0.